The molecule has 0 spiro atoms. The molecule has 122 valence electrons. The Morgan fingerprint density at radius 3 is 2.55 bits per heavy atom. The predicted molar refractivity (Wildman–Crippen MR) is 90.4 cm³/mol. The molecule has 3 nitrogen and oxygen atoms in total. The van der Waals surface area contributed by atoms with Gasteiger partial charge in [-0.05, 0) is 18.8 Å². The van der Waals surface area contributed by atoms with E-state index >= 15 is 0 Å². The fourth-order valence-corrected chi connectivity index (χ4v) is 3.50. The standard InChI is InChI=1S/C19H30N2O/c1-14(2)19(16-10-5-4-6-11-16)20-13-18(22)21-17-12-8-7-9-15(17)3/h4-6,10-11,14-15,17,19-20H,7-9,12-13H2,1-3H3,(H,21,22)/p+1/t15-,17+,19-/m1/s1. The molecule has 1 fully saturated rings. The van der Waals surface area contributed by atoms with Gasteiger partial charge >= 0.3 is 0 Å². The molecule has 0 bridgehead atoms. The van der Waals surface area contributed by atoms with Crippen LogP contribution in [-0.2, 0) is 4.79 Å². The van der Waals surface area contributed by atoms with Crippen molar-refractivity contribution >= 4 is 5.91 Å². The second kappa shape index (κ2) is 8.33. The topological polar surface area (TPSA) is 45.7 Å². The highest BCUT2D eigenvalue weighted by molar-refractivity contribution is 5.77. The zero-order valence-corrected chi connectivity index (χ0v) is 14.2. The summed E-state index contributed by atoms with van der Waals surface area (Å²) in [6, 6.07) is 11.2. The maximum atomic E-state index is 12.3. The average molecular weight is 303 g/mol. The number of nitrogens with two attached hydrogens (primary N) is 1. The number of carbonyl (C=O) groups is 1. The first kappa shape index (κ1) is 17.0. The van der Waals surface area contributed by atoms with Crippen molar-refractivity contribution in [1.82, 2.24) is 5.32 Å². The minimum Gasteiger partial charge on any atom is -0.348 e. The maximum Gasteiger partial charge on any atom is 0.275 e. The lowest BCUT2D eigenvalue weighted by Gasteiger charge is -2.29. The zero-order chi connectivity index (χ0) is 15.9. The highest BCUT2D eigenvalue weighted by Crippen LogP contribution is 2.23. The van der Waals surface area contributed by atoms with Crippen LogP contribution in [0, 0.1) is 11.8 Å². The molecule has 1 aliphatic carbocycles. The Balaban J connectivity index is 1.85. The smallest absolute Gasteiger partial charge is 0.275 e. The van der Waals surface area contributed by atoms with Crippen LogP contribution in [0.1, 0.15) is 58.1 Å². The molecule has 0 aliphatic heterocycles. The van der Waals surface area contributed by atoms with E-state index in [-0.39, 0.29) is 5.91 Å². The van der Waals surface area contributed by atoms with Gasteiger partial charge in [0.2, 0.25) is 0 Å². The van der Waals surface area contributed by atoms with E-state index in [4.69, 9.17) is 0 Å². The molecule has 0 saturated heterocycles. The SMILES string of the molecule is CC(C)[C@@H]([NH2+]CC(=O)N[C@H]1CCCC[C@H]1C)c1ccccc1. The van der Waals surface area contributed by atoms with E-state index in [0.717, 1.165) is 6.42 Å². The molecule has 1 aliphatic rings. The van der Waals surface area contributed by atoms with Crippen LogP contribution in [0.25, 0.3) is 0 Å². The normalized spacial score (nSPS) is 23.3. The Kier molecular flexibility index (Phi) is 6.44. The third-order valence-electron chi connectivity index (χ3n) is 4.92. The number of hydrogen-bond acceptors (Lipinski definition) is 1. The van der Waals surface area contributed by atoms with Crippen molar-refractivity contribution in [3.8, 4) is 0 Å². The number of rotatable bonds is 6. The van der Waals surface area contributed by atoms with Gasteiger partial charge < -0.3 is 10.6 Å². The summed E-state index contributed by atoms with van der Waals surface area (Å²) < 4.78 is 0. The molecule has 1 aromatic rings. The first-order chi connectivity index (χ1) is 10.6. The highest BCUT2D eigenvalue weighted by Gasteiger charge is 2.25. The summed E-state index contributed by atoms with van der Waals surface area (Å²) in [6.07, 6.45) is 4.94. The van der Waals surface area contributed by atoms with Gasteiger partial charge in [-0.2, -0.15) is 0 Å². The zero-order valence-electron chi connectivity index (χ0n) is 14.2. The minimum atomic E-state index is 0.181. The van der Waals surface area contributed by atoms with Crippen molar-refractivity contribution in [3.63, 3.8) is 0 Å². The summed E-state index contributed by atoms with van der Waals surface area (Å²) in [6.45, 7) is 7.21. The largest absolute Gasteiger partial charge is 0.348 e. The summed E-state index contributed by atoms with van der Waals surface area (Å²) in [5.41, 5.74) is 1.30. The van der Waals surface area contributed by atoms with Crippen molar-refractivity contribution < 1.29 is 10.1 Å². The van der Waals surface area contributed by atoms with Gasteiger partial charge in [-0.1, -0.05) is 63.9 Å². The molecule has 3 N–H and O–H groups in total. The molecule has 1 saturated carbocycles. The first-order valence-corrected chi connectivity index (χ1v) is 8.75. The summed E-state index contributed by atoms with van der Waals surface area (Å²) in [4.78, 5) is 12.3. The van der Waals surface area contributed by atoms with Gasteiger partial charge in [0.15, 0.2) is 6.54 Å². The quantitative estimate of drug-likeness (QED) is 0.834. The summed E-state index contributed by atoms with van der Waals surface area (Å²) in [5, 5.41) is 5.43. The number of nitrogens with one attached hydrogen (secondary N) is 1. The van der Waals surface area contributed by atoms with Crippen LogP contribution in [0.5, 0.6) is 0 Å². The van der Waals surface area contributed by atoms with Crippen molar-refractivity contribution in [3.05, 3.63) is 35.9 Å². The number of carbonyl (C=O) groups excluding carboxylic acids is 1. The number of hydrogen-bond donors (Lipinski definition) is 2. The van der Waals surface area contributed by atoms with Crippen LogP contribution in [0.3, 0.4) is 0 Å². The molecule has 1 amide bonds. The Morgan fingerprint density at radius 1 is 1.23 bits per heavy atom. The lowest BCUT2D eigenvalue weighted by atomic mass is 9.86. The van der Waals surface area contributed by atoms with Gasteiger partial charge in [-0.3, -0.25) is 4.79 Å². The van der Waals surface area contributed by atoms with Crippen LogP contribution in [0.2, 0.25) is 0 Å². The van der Waals surface area contributed by atoms with Crippen molar-refractivity contribution in [2.24, 2.45) is 11.8 Å². The molecule has 22 heavy (non-hydrogen) atoms. The fourth-order valence-electron chi connectivity index (χ4n) is 3.50. The van der Waals surface area contributed by atoms with Gasteiger partial charge in [0.25, 0.3) is 5.91 Å². The third-order valence-corrected chi connectivity index (χ3v) is 4.92. The molecule has 0 aromatic heterocycles. The number of quaternary nitrogens is 1. The molecule has 0 radical (unpaired) electrons. The van der Waals surface area contributed by atoms with Crippen molar-refractivity contribution in [1.29, 1.82) is 0 Å². The Labute approximate surface area is 134 Å². The van der Waals surface area contributed by atoms with Crippen molar-refractivity contribution in [2.75, 3.05) is 6.54 Å². The summed E-state index contributed by atoms with van der Waals surface area (Å²) in [5.74, 6) is 1.30. The third kappa shape index (κ3) is 4.84. The minimum absolute atomic E-state index is 0.181. The average Bonchev–Trinajstić information content (AvgIpc) is 2.50. The van der Waals surface area contributed by atoms with Gasteiger partial charge in [-0.25, -0.2) is 0 Å². The van der Waals surface area contributed by atoms with E-state index in [9.17, 15) is 4.79 Å². The molecular formula is C19H31N2O+. The highest BCUT2D eigenvalue weighted by atomic mass is 16.2. The van der Waals surface area contributed by atoms with E-state index < -0.39 is 0 Å². The Bertz CT molecular complexity index is 458. The predicted octanol–water partition coefficient (Wildman–Crippen LogP) is 2.64. The van der Waals surface area contributed by atoms with E-state index in [1.54, 1.807) is 0 Å². The molecule has 2 rings (SSSR count). The monoisotopic (exact) mass is 303 g/mol. The molecule has 3 heteroatoms. The van der Waals surface area contributed by atoms with Crippen LogP contribution in [0.15, 0.2) is 30.3 Å². The summed E-state index contributed by atoms with van der Waals surface area (Å²) in [7, 11) is 0. The summed E-state index contributed by atoms with van der Waals surface area (Å²) >= 11 is 0. The van der Waals surface area contributed by atoms with Crippen LogP contribution < -0.4 is 10.6 Å². The fraction of sp³-hybridized carbons (Fsp3) is 0.632. The van der Waals surface area contributed by atoms with Crippen LogP contribution in [-0.4, -0.2) is 18.5 Å². The van der Waals surface area contributed by atoms with Gasteiger partial charge in [0, 0.05) is 17.5 Å². The second-order valence-electron chi connectivity index (χ2n) is 7.06. The molecule has 0 heterocycles. The first-order valence-electron chi connectivity index (χ1n) is 8.75. The molecule has 1 aromatic carbocycles. The molecular weight excluding hydrogens is 272 g/mol. The Hall–Kier alpha value is -1.35. The molecule has 0 unspecified atom stereocenters. The van der Waals surface area contributed by atoms with E-state index in [1.165, 1.54) is 24.8 Å². The van der Waals surface area contributed by atoms with Crippen molar-refractivity contribution in [2.45, 2.75) is 58.5 Å². The van der Waals surface area contributed by atoms with Gasteiger partial charge in [0.05, 0.1) is 0 Å². The second-order valence-corrected chi connectivity index (χ2v) is 7.06. The van der Waals surface area contributed by atoms with Gasteiger partial charge in [-0.15, -0.1) is 0 Å². The van der Waals surface area contributed by atoms with Gasteiger partial charge in [0.1, 0.15) is 6.04 Å². The number of benzene rings is 1. The number of amides is 1. The van der Waals surface area contributed by atoms with E-state index in [2.05, 4.69) is 55.7 Å². The van der Waals surface area contributed by atoms with Crippen LogP contribution >= 0.6 is 0 Å². The maximum absolute atomic E-state index is 12.3. The van der Waals surface area contributed by atoms with E-state index in [0.29, 0.717) is 30.5 Å². The van der Waals surface area contributed by atoms with E-state index in [1.807, 2.05) is 6.07 Å². The lowest BCUT2D eigenvalue weighted by Crippen LogP contribution is -2.88. The van der Waals surface area contributed by atoms with Crippen LogP contribution in [0.4, 0.5) is 0 Å². The Morgan fingerprint density at radius 2 is 1.91 bits per heavy atom. The molecule has 3 atom stereocenters. The lowest BCUT2D eigenvalue weighted by molar-refractivity contribution is -0.692.